The third kappa shape index (κ3) is 3.85. The SMILES string of the molecule is CCC(c1cn(Cc2ccc3c(-c4coc(C)n4)cc(=O)oc3c2)nn1)C(F)(F)F. The van der Waals surface area contributed by atoms with Crippen LogP contribution in [0.5, 0.6) is 0 Å². The molecule has 0 bridgehead atoms. The van der Waals surface area contributed by atoms with E-state index in [1.807, 2.05) is 0 Å². The quantitative estimate of drug-likeness (QED) is 0.445. The van der Waals surface area contributed by atoms with Crippen LogP contribution < -0.4 is 5.63 Å². The Kier molecular flexibility index (Phi) is 4.92. The number of halogens is 3. The number of aryl methyl sites for hydroxylation is 1. The zero-order valence-electron chi connectivity index (χ0n) is 16.1. The zero-order chi connectivity index (χ0) is 21.5. The van der Waals surface area contributed by atoms with Crippen molar-refractivity contribution in [3.63, 3.8) is 0 Å². The van der Waals surface area contributed by atoms with E-state index in [9.17, 15) is 18.0 Å². The lowest BCUT2D eigenvalue weighted by Crippen LogP contribution is -2.20. The normalized spacial score (nSPS) is 13.1. The summed E-state index contributed by atoms with van der Waals surface area (Å²) in [5.41, 5.74) is 1.43. The molecule has 1 aromatic carbocycles. The average molecular weight is 418 g/mol. The Morgan fingerprint density at radius 1 is 1.23 bits per heavy atom. The van der Waals surface area contributed by atoms with Gasteiger partial charge >= 0.3 is 11.8 Å². The molecule has 7 nitrogen and oxygen atoms in total. The van der Waals surface area contributed by atoms with Crippen LogP contribution in [0.2, 0.25) is 0 Å². The number of benzene rings is 1. The van der Waals surface area contributed by atoms with Crippen LogP contribution in [0.3, 0.4) is 0 Å². The summed E-state index contributed by atoms with van der Waals surface area (Å²) in [7, 11) is 0. The zero-order valence-corrected chi connectivity index (χ0v) is 16.1. The maximum atomic E-state index is 13.1. The molecule has 30 heavy (non-hydrogen) atoms. The number of nitrogens with zero attached hydrogens (tertiary/aromatic N) is 4. The molecule has 4 rings (SSSR count). The highest BCUT2D eigenvalue weighted by molar-refractivity contribution is 5.92. The highest BCUT2D eigenvalue weighted by Gasteiger charge is 2.41. The molecule has 0 aliphatic carbocycles. The topological polar surface area (TPSA) is 87.0 Å². The van der Waals surface area contributed by atoms with Crippen LogP contribution in [-0.4, -0.2) is 26.2 Å². The molecule has 0 spiro atoms. The Bertz CT molecular complexity index is 1260. The van der Waals surface area contributed by atoms with Crippen molar-refractivity contribution in [3.8, 4) is 11.3 Å². The predicted molar refractivity (Wildman–Crippen MR) is 101 cm³/mol. The first-order valence-corrected chi connectivity index (χ1v) is 9.20. The molecule has 0 amide bonds. The highest BCUT2D eigenvalue weighted by Crippen LogP contribution is 2.36. The van der Waals surface area contributed by atoms with E-state index in [0.29, 0.717) is 33.7 Å². The summed E-state index contributed by atoms with van der Waals surface area (Å²) in [6.45, 7) is 3.33. The van der Waals surface area contributed by atoms with Crippen LogP contribution in [0.15, 0.2) is 50.4 Å². The standard InChI is InChI=1S/C20H17F3N4O3/c1-3-15(20(21,22)23)16-9-27(26-25-16)8-12-4-5-13-14(17-10-29-11(2)24-17)7-19(28)30-18(13)6-12/h4-7,9-10,15H,3,8H2,1-2H3. The van der Waals surface area contributed by atoms with Gasteiger partial charge in [-0.15, -0.1) is 5.10 Å². The van der Waals surface area contributed by atoms with Crippen LogP contribution in [0.25, 0.3) is 22.2 Å². The fraction of sp³-hybridized carbons (Fsp3) is 0.300. The number of hydrogen-bond donors (Lipinski definition) is 0. The van der Waals surface area contributed by atoms with Gasteiger partial charge in [-0.3, -0.25) is 0 Å². The second-order valence-corrected chi connectivity index (χ2v) is 6.90. The fourth-order valence-corrected chi connectivity index (χ4v) is 3.35. The van der Waals surface area contributed by atoms with Crippen molar-refractivity contribution in [2.45, 2.75) is 38.9 Å². The summed E-state index contributed by atoms with van der Waals surface area (Å²) in [6, 6.07) is 6.52. The summed E-state index contributed by atoms with van der Waals surface area (Å²) in [5.74, 6) is -1.19. The lowest BCUT2D eigenvalue weighted by molar-refractivity contribution is -0.151. The summed E-state index contributed by atoms with van der Waals surface area (Å²) < 4.78 is 51.2. The molecule has 0 saturated carbocycles. The van der Waals surface area contributed by atoms with Gasteiger partial charge in [-0.1, -0.05) is 24.3 Å². The van der Waals surface area contributed by atoms with Crippen molar-refractivity contribution in [3.05, 3.63) is 64.3 Å². The molecule has 0 radical (unpaired) electrons. The molecule has 0 aliphatic heterocycles. The molecule has 3 aromatic heterocycles. The van der Waals surface area contributed by atoms with Crippen LogP contribution in [-0.2, 0) is 6.54 Å². The minimum absolute atomic E-state index is 0.117. The summed E-state index contributed by atoms with van der Waals surface area (Å²) in [4.78, 5) is 16.2. The minimum atomic E-state index is -4.38. The van der Waals surface area contributed by atoms with E-state index >= 15 is 0 Å². The Balaban J connectivity index is 1.66. The van der Waals surface area contributed by atoms with E-state index in [4.69, 9.17) is 8.83 Å². The van der Waals surface area contributed by atoms with Crippen molar-refractivity contribution in [1.29, 1.82) is 0 Å². The molecular weight excluding hydrogens is 401 g/mol. The number of hydrogen-bond acceptors (Lipinski definition) is 6. The molecule has 10 heteroatoms. The smallest absolute Gasteiger partial charge is 0.397 e. The van der Waals surface area contributed by atoms with Gasteiger partial charge in [0, 0.05) is 30.1 Å². The number of fused-ring (bicyclic) bond motifs is 1. The minimum Gasteiger partial charge on any atom is -0.449 e. The van der Waals surface area contributed by atoms with Gasteiger partial charge in [-0.2, -0.15) is 13.2 Å². The summed E-state index contributed by atoms with van der Waals surface area (Å²) in [6.07, 6.45) is -1.75. The summed E-state index contributed by atoms with van der Waals surface area (Å²) in [5, 5.41) is 8.16. The third-order valence-electron chi connectivity index (χ3n) is 4.77. The molecular formula is C20H17F3N4O3. The van der Waals surface area contributed by atoms with Crippen LogP contribution >= 0.6 is 0 Å². The van der Waals surface area contributed by atoms with E-state index in [2.05, 4.69) is 15.3 Å². The number of alkyl halides is 3. The van der Waals surface area contributed by atoms with Crippen molar-refractivity contribution >= 4 is 11.0 Å². The maximum absolute atomic E-state index is 13.1. The van der Waals surface area contributed by atoms with Gasteiger partial charge in [-0.25, -0.2) is 14.5 Å². The van der Waals surface area contributed by atoms with E-state index < -0.39 is 17.7 Å². The number of oxazole rings is 1. The van der Waals surface area contributed by atoms with E-state index in [0.717, 1.165) is 0 Å². The predicted octanol–water partition coefficient (Wildman–Crippen LogP) is 4.45. The lowest BCUT2D eigenvalue weighted by Gasteiger charge is -2.15. The third-order valence-corrected chi connectivity index (χ3v) is 4.77. The fourth-order valence-electron chi connectivity index (χ4n) is 3.35. The van der Waals surface area contributed by atoms with E-state index in [1.165, 1.54) is 30.1 Å². The van der Waals surface area contributed by atoms with E-state index in [-0.39, 0.29) is 18.7 Å². The van der Waals surface area contributed by atoms with Gasteiger partial charge in [0.2, 0.25) is 0 Å². The van der Waals surface area contributed by atoms with E-state index in [1.54, 1.807) is 25.1 Å². The van der Waals surface area contributed by atoms with Crippen LogP contribution in [0.4, 0.5) is 13.2 Å². The molecule has 1 unspecified atom stereocenters. The molecule has 0 fully saturated rings. The van der Waals surface area contributed by atoms with Crippen LogP contribution in [0.1, 0.15) is 36.4 Å². The van der Waals surface area contributed by atoms with Crippen molar-refractivity contribution in [1.82, 2.24) is 20.0 Å². The second kappa shape index (κ2) is 7.43. The molecule has 4 aromatic rings. The maximum Gasteiger partial charge on any atom is 0.397 e. The van der Waals surface area contributed by atoms with Gasteiger partial charge in [0.1, 0.15) is 23.5 Å². The first-order chi connectivity index (χ1) is 14.2. The van der Waals surface area contributed by atoms with Gasteiger partial charge in [0.05, 0.1) is 12.2 Å². The first-order valence-electron chi connectivity index (χ1n) is 9.20. The first kappa shape index (κ1) is 19.9. The Labute approximate surface area is 168 Å². The molecule has 0 aliphatic rings. The average Bonchev–Trinajstić information content (AvgIpc) is 3.29. The molecule has 0 saturated heterocycles. The molecule has 1 atom stereocenters. The largest absolute Gasteiger partial charge is 0.449 e. The lowest BCUT2D eigenvalue weighted by atomic mass is 10.0. The molecule has 156 valence electrons. The number of rotatable bonds is 5. The summed E-state index contributed by atoms with van der Waals surface area (Å²) >= 11 is 0. The van der Waals surface area contributed by atoms with Crippen molar-refractivity contribution < 1.29 is 22.0 Å². The van der Waals surface area contributed by atoms with Gasteiger partial charge in [0.25, 0.3) is 0 Å². The second-order valence-electron chi connectivity index (χ2n) is 6.90. The molecule has 3 heterocycles. The van der Waals surface area contributed by atoms with Gasteiger partial charge < -0.3 is 8.83 Å². The van der Waals surface area contributed by atoms with Crippen molar-refractivity contribution in [2.75, 3.05) is 0 Å². The van der Waals surface area contributed by atoms with Gasteiger partial charge in [-0.05, 0) is 18.1 Å². The Hall–Kier alpha value is -3.43. The number of aromatic nitrogens is 4. The highest BCUT2D eigenvalue weighted by atomic mass is 19.4. The van der Waals surface area contributed by atoms with Crippen molar-refractivity contribution in [2.24, 2.45) is 0 Å². The monoisotopic (exact) mass is 418 g/mol. The van der Waals surface area contributed by atoms with Gasteiger partial charge in [0.15, 0.2) is 5.89 Å². The Morgan fingerprint density at radius 2 is 2.03 bits per heavy atom. The molecule has 0 N–H and O–H groups in total. The van der Waals surface area contributed by atoms with Crippen LogP contribution in [0, 0.1) is 6.92 Å². The Morgan fingerprint density at radius 3 is 2.70 bits per heavy atom.